The number of allylic oxidation sites excluding steroid dienone is 5. The number of rotatable bonds is 13. The molecule has 0 bridgehead atoms. The molecule has 0 aliphatic rings. The van der Waals surface area contributed by atoms with Crippen LogP contribution >= 0.6 is 0 Å². The van der Waals surface area contributed by atoms with Crippen molar-refractivity contribution in [3.8, 4) is 0 Å². The first kappa shape index (κ1) is 21.7. The van der Waals surface area contributed by atoms with Crippen LogP contribution in [0.4, 0.5) is 0 Å². The first-order valence-electron chi connectivity index (χ1n) is 8.86. The van der Waals surface area contributed by atoms with Crippen molar-refractivity contribution in [2.75, 3.05) is 0 Å². The van der Waals surface area contributed by atoms with Crippen molar-refractivity contribution < 1.29 is 15.3 Å². The molecule has 0 spiro atoms. The zero-order valence-corrected chi connectivity index (χ0v) is 14.7. The molecule has 132 valence electrons. The van der Waals surface area contributed by atoms with Crippen LogP contribution in [0.3, 0.4) is 0 Å². The third-order valence-corrected chi connectivity index (χ3v) is 3.51. The Morgan fingerprint density at radius 2 is 1.65 bits per heavy atom. The van der Waals surface area contributed by atoms with E-state index in [4.69, 9.17) is 0 Å². The van der Waals surface area contributed by atoms with E-state index in [1.165, 1.54) is 18.9 Å². The van der Waals surface area contributed by atoms with Gasteiger partial charge in [0.1, 0.15) is 11.9 Å². The average molecular weight is 322 g/mol. The summed E-state index contributed by atoms with van der Waals surface area (Å²) in [4.78, 5) is 0. The van der Waals surface area contributed by atoms with Crippen LogP contribution in [0.5, 0.6) is 0 Å². The minimum atomic E-state index is -0.783. The molecule has 0 fully saturated rings. The molecule has 0 saturated heterocycles. The van der Waals surface area contributed by atoms with Crippen molar-refractivity contribution in [3.63, 3.8) is 0 Å². The van der Waals surface area contributed by atoms with Crippen LogP contribution in [-0.2, 0) is 0 Å². The van der Waals surface area contributed by atoms with Gasteiger partial charge in [0.05, 0.1) is 6.10 Å². The summed E-state index contributed by atoms with van der Waals surface area (Å²) in [5.74, 6) is -0.00911. The summed E-state index contributed by atoms with van der Waals surface area (Å²) in [6.07, 6.45) is 18.9. The highest BCUT2D eigenvalue weighted by atomic mass is 16.3. The standard InChI is InChI=1S/C20H34O3/c1-3-5-7-8-11-14-18(21)15-12-9-13-17-20(23)19(22)16-10-6-4-2/h8-9,11-13,15,17-19,21-23H,3-7,10,14,16H2,1-2H3/b11-8-,13-9-,15-12-,20-17-. The van der Waals surface area contributed by atoms with Crippen LogP contribution in [0.25, 0.3) is 0 Å². The summed E-state index contributed by atoms with van der Waals surface area (Å²) in [5.41, 5.74) is 0. The van der Waals surface area contributed by atoms with Gasteiger partial charge in [-0.3, -0.25) is 0 Å². The highest BCUT2D eigenvalue weighted by Gasteiger charge is 2.07. The molecule has 23 heavy (non-hydrogen) atoms. The van der Waals surface area contributed by atoms with Gasteiger partial charge in [-0.2, -0.15) is 0 Å². The van der Waals surface area contributed by atoms with E-state index in [-0.39, 0.29) is 5.76 Å². The summed E-state index contributed by atoms with van der Waals surface area (Å²) < 4.78 is 0. The predicted octanol–water partition coefficient (Wildman–Crippen LogP) is 4.98. The van der Waals surface area contributed by atoms with Crippen LogP contribution < -0.4 is 0 Å². The second-order valence-corrected chi connectivity index (χ2v) is 5.79. The fraction of sp³-hybridized carbons (Fsp3) is 0.600. The Labute approximate surface area is 141 Å². The molecule has 0 rings (SSSR count). The summed E-state index contributed by atoms with van der Waals surface area (Å²) in [5, 5.41) is 29.2. The van der Waals surface area contributed by atoms with E-state index in [1.54, 1.807) is 24.3 Å². The maximum Gasteiger partial charge on any atom is 0.121 e. The molecule has 0 aromatic heterocycles. The van der Waals surface area contributed by atoms with E-state index in [0.717, 1.165) is 25.7 Å². The molecule has 3 N–H and O–H groups in total. The molecule has 0 aromatic carbocycles. The molecule has 0 radical (unpaired) electrons. The number of hydrogen-bond acceptors (Lipinski definition) is 3. The van der Waals surface area contributed by atoms with Crippen LogP contribution in [-0.4, -0.2) is 27.5 Å². The molecule has 0 aliphatic heterocycles. The molecule has 2 unspecified atom stereocenters. The Bertz CT molecular complexity index is 380. The maximum atomic E-state index is 9.75. The van der Waals surface area contributed by atoms with Crippen LogP contribution in [0, 0.1) is 0 Å². The van der Waals surface area contributed by atoms with Gasteiger partial charge in [0.2, 0.25) is 0 Å². The van der Waals surface area contributed by atoms with Gasteiger partial charge < -0.3 is 15.3 Å². The van der Waals surface area contributed by atoms with E-state index >= 15 is 0 Å². The number of aliphatic hydroxyl groups is 3. The minimum Gasteiger partial charge on any atom is -0.510 e. The fourth-order valence-electron chi connectivity index (χ4n) is 2.01. The predicted molar refractivity (Wildman–Crippen MR) is 98.4 cm³/mol. The molecule has 3 heteroatoms. The number of hydrogen-bond donors (Lipinski definition) is 3. The lowest BCUT2D eigenvalue weighted by molar-refractivity contribution is 0.142. The van der Waals surface area contributed by atoms with Gasteiger partial charge in [0, 0.05) is 0 Å². The Morgan fingerprint density at radius 1 is 0.913 bits per heavy atom. The van der Waals surface area contributed by atoms with Crippen molar-refractivity contribution in [1.82, 2.24) is 0 Å². The Balaban J connectivity index is 4.01. The van der Waals surface area contributed by atoms with Gasteiger partial charge in [-0.1, -0.05) is 82.4 Å². The van der Waals surface area contributed by atoms with Crippen molar-refractivity contribution in [1.29, 1.82) is 0 Å². The zero-order valence-electron chi connectivity index (χ0n) is 14.7. The molecule has 0 amide bonds. The summed E-state index contributed by atoms with van der Waals surface area (Å²) in [6.45, 7) is 4.26. The Morgan fingerprint density at radius 3 is 2.35 bits per heavy atom. The Hall–Kier alpha value is -1.32. The van der Waals surface area contributed by atoms with E-state index in [0.29, 0.717) is 12.8 Å². The quantitative estimate of drug-likeness (QED) is 0.194. The summed E-state index contributed by atoms with van der Waals surface area (Å²) in [6, 6.07) is 0. The van der Waals surface area contributed by atoms with Crippen LogP contribution in [0.15, 0.2) is 48.3 Å². The van der Waals surface area contributed by atoms with Crippen LogP contribution in [0.2, 0.25) is 0 Å². The number of unbranched alkanes of at least 4 members (excludes halogenated alkanes) is 4. The smallest absolute Gasteiger partial charge is 0.121 e. The first-order chi connectivity index (χ1) is 11.1. The second-order valence-electron chi connectivity index (χ2n) is 5.79. The zero-order chi connectivity index (χ0) is 17.3. The monoisotopic (exact) mass is 322 g/mol. The molecule has 0 aromatic rings. The lowest BCUT2D eigenvalue weighted by Crippen LogP contribution is -2.09. The van der Waals surface area contributed by atoms with Crippen LogP contribution in [0.1, 0.15) is 65.2 Å². The topological polar surface area (TPSA) is 60.7 Å². The molecule has 2 atom stereocenters. The van der Waals surface area contributed by atoms with Crippen molar-refractivity contribution in [2.24, 2.45) is 0 Å². The van der Waals surface area contributed by atoms with Gasteiger partial charge in [0.25, 0.3) is 0 Å². The molecule has 0 heterocycles. The molecule has 0 aliphatic carbocycles. The highest BCUT2D eigenvalue weighted by molar-refractivity contribution is 5.15. The van der Waals surface area contributed by atoms with Gasteiger partial charge in [-0.25, -0.2) is 0 Å². The summed E-state index contributed by atoms with van der Waals surface area (Å²) in [7, 11) is 0. The second kappa shape index (κ2) is 15.6. The fourth-order valence-corrected chi connectivity index (χ4v) is 2.01. The minimum absolute atomic E-state index is 0.00911. The van der Waals surface area contributed by atoms with E-state index in [1.807, 2.05) is 6.08 Å². The highest BCUT2D eigenvalue weighted by Crippen LogP contribution is 2.09. The van der Waals surface area contributed by atoms with Gasteiger partial charge in [0.15, 0.2) is 0 Å². The van der Waals surface area contributed by atoms with Gasteiger partial charge >= 0.3 is 0 Å². The third kappa shape index (κ3) is 14.0. The van der Waals surface area contributed by atoms with E-state index in [2.05, 4.69) is 19.9 Å². The van der Waals surface area contributed by atoms with Gasteiger partial charge in [-0.05, 0) is 25.3 Å². The average Bonchev–Trinajstić information content (AvgIpc) is 2.54. The summed E-state index contributed by atoms with van der Waals surface area (Å²) >= 11 is 0. The maximum absolute atomic E-state index is 9.75. The third-order valence-electron chi connectivity index (χ3n) is 3.51. The first-order valence-corrected chi connectivity index (χ1v) is 8.86. The lowest BCUT2D eigenvalue weighted by atomic mass is 10.1. The van der Waals surface area contributed by atoms with E-state index in [9.17, 15) is 15.3 Å². The molecule has 3 nitrogen and oxygen atoms in total. The van der Waals surface area contributed by atoms with Crippen molar-refractivity contribution in [3.05, 3.63) is 48.3 Å². The SMILES string of the molecule is CCCC/C=C\CC(O)\C=C/C=C\C=C(/O)C(O)CCCCC. The largest absolute Gasteiger partial charge is 0.510 e. The van der Waals surface area contributed by atoms with Crippen molar-refractivity contribution >= 4 is 0 Å². The van der Waals surface area contributed by atoms with E-state index < -0.39 is 12.2 Å². The molecular weight excluding hydrogens is 288 g/mol. The number of aliphatic hydroxyl groups excluding tert-OH is 3. The Kier molecular flexibility index (Phi) is 14.7. The molecule has 0 saturated carbocycles. The normalized spacial score (nSPS) is 15.9. The molecular formula is C20H34O3. The lowest BCUT2D eigenvalue weighted by Gasteiger charge is -2.08. The van der Waals surface area contributed by atoms with Gasteiger partial charge in [-0.15, -0.1) is 0 Å². The van der Waals surface area contributed by atoms with Crippen molar-refractivity contribution in [2.45, 2.75) is 77.4 Å².